The van der Waals surface area contributed by atoms with Crippen LogP contribution in [0.1, 0.15) is 38.3 Å². The molecule has 2 aliphatic heterocycles. The lowest BCUT2D eigenvalue weighted by molar-refractivity contribution is -0.357. The number of aliphatic hydroxyl groups is 5. The van der Waals surface area contributed by atoms with Gasteiger partial charge >= 0.3 is 0 Å². The van der Waals surface area contributed by atoms with Crippen molar-refractivity contribution in [3.05, 3.63) is 12.7 Å². The minimum atomic E-state index is -2.13. The first kappa shape index (κ1) is 22.8. The van der Waals surface area contributed by atoms with E-state index in [1.54, 1.807) is 0 Å². The van der Waals surface area contributed by atoms with Gasteiger partial charge in [-0.3, -0.25) is 4.57 Å². The van der Waals surface area contributed by atoms with E-state index >= 15 is 0 Å². The molecule has 0 aromatic carbocycles. The topological polar surface area (TPSA) is 184 Å². The zero-order valence-corrected chi connectivity index (χ0v) is 17.9. The van der Waals surface area contributed by atoms with Crippen LogP contribution in [0.4, 0.5) is 5.82 Å². The molecule has 0 bridgehead atoms. The normalized spacial score (nSPS) is 37.4. The van der Waals surface area contributed by atoms with Crippen molar-refractivity contribution >= 4 is 17.0 Å². The lowest BCUT2D eigenvalue weighted by Gasteiger charge is -2.25. The zero-order valence-electron chi connectivity index (χ0n) is 17.9. The molecule has 6 N–H and O–H groups in total. The molecule has 2 aromatic heterocycles. The Morgan fingerprint density at radius 3 is 2.64 bits per heavy atom. The second-order valence-corrected chi connectivity index (χ2v) is 8.85. The van der Waals surface area contributed by atoms with Crippen molar-refractivity contribution in [1.29, 1.82) is 0 Å². The maximum absolute atomic E-state index is 10.6. The van der Waals surface area contributed by atoms with Gasteiger partial charge in [-0.25, -0.2) is 15.0 Å². The van der Waals surface area contributed by atoms with E-state index in [0.29, 0.717) is 23.0 Å². The van der Waals surface area contributed by atoms with E-state index in [0.717, 1.165) is 12.8 Å². The van der Waals surface area contributed by atoms with Crippen LogP contribution in [0, 0.1) is 0 Å². The molecule has 1 saturated carbocycles. The fourth-order valence-electron chi connectivity index (χ4n) is 4.73. The number of imidazole rings is 1. The molecular weight excluding hydrogens is 438 g/mol. The summed E-state index contributed by atoms with van der Waals surface area (Å²) >= 11 is 0. The second-order valence-electron chi connectivity index (χ2n) is 8.85. The molecular formula is C20H29N5O8. The van der Waals surface area contributed by atoms with Crippen molar-refractivity contribution in [3.63, 3.8) is 0 Å². The molecule has 3 aliphatic rings. The average molecular weight is 467 g/mol. The fraction of sp³-hybridized carbons (Fsp3) is 0.750. The average Bonchev–Trinajstić information content (AvgIpc) is 3.56. The van der Waals surface area contributed by atoms with Crippen LogP contribution in [0.15, 0.2) is 12.7 Å². The van der Waals surface area contributed by atoms with Gasteiger partial charge in [0.1, 0.15) is 30.7 Å². The van der Waals surface area contributed by atoms with Crippen LogP contribution in [-0.4, -0.2) is 101 Å². The monoisotopic (exact) mass is 467 g/mol. The number of hydrogen-bond acceptors (Lipinski definition) is 12. The minimum absolute atomic E-state index is 0.271. The molecule has 2 unspecified atom stereocenters. The van der Waals surface area contributed by atoms with E-state index < -0.39 is 49.3 Å². The highest BCUT2D eigenvalue weighted by atomic mass is 16.8. The molecule has 5 rings (SSSR count). The molecule has 2 aromatic rings. The first-order valence-corrected chi connectivity index (χ1v) is 11.2. The van der Waals surface area contributed by atoms with Crippen molar-refractivity contribution in [2.24, 2.45) is 0 Å². The van der Waals surface area contributed by atoms with Gasteiger partial charge in [0.05, 0.1) is 32.1 Å². The van der Waals surface area contributed by atoms with Crippen molar-refractivity contribution in [2.45, 2.75) is 80.9 Å². The van der Waals surface area contributed by atoms with Crippen LogP contribution in [0.5, 0.6) is 0 Å². The number of rotatable bonds is 7. The second kappa shape index (κ2) is 9.00. The Balaban J connectivity index is 1.29. The Labute approximate surface area is 189 Å². The van der Waals surface area contributed by atoms with E-state index in [1.165, 1.54) is 30.1 Å². The number of fused-ring (bicyclic) bond motifs is 1. The summed E-state index contributed by atoms with van der Waals surface area (Å²) in [7, 11) is 0. The van der Waals surface area contributed by atoms with Crippen molar-refractivity contribution in [2.75, 3.05) is 18.5 Å². The Morgan fingerprint density at radius 1 is 1.12 bits per heavy atom. The number of nitrogens with zero attached hydrogens (tertiary/aromatic N) is 4. The van der Waals surface area contributed by atoms with E-state index in [-0.39, 0.29) is 13.0 Å². The SMILES string of the molecule is OC[C@H]1O[C@](O)(OC[C@H]2O[C@@H](n3cnc4c(NC5CCCC5)ncnc43)C(O)C2O)C[C@@H]1O. The van der Waals surface area contributed by atoms with Gasteiger partial charge in [0.2, 0.25) is 0 Å². The molecule has 3 fully saturated rings. The molecule has 13 heteroatoms. The highest BCUT2D eigenvalue weighted by Gasteiger charge is 2.49. The molecule has 0 amide bonds. The van der Waals surface area contributed by atoms with Crippen LogP contribution < -0.4 is 5.32 Å². The number of ether oxygens (including phenoxy) is 3. The van der Waals surface area contributed by atoms with Crippen molar-refractivity contribution in [1.82, 2.24) is 19.5 Å². The molecule has 2 saturated heterocycles. The van der Waals surface area contributed by atoms with E-state index in [2.05, 4.69) is 20.3 Å². The summed E-state index contributed by atoms with van der Waals surface area (Å²) in [5.41, 5.74) is 0.974. The highest BCUT2D eigenvalue weighted by Crippen LogP contribution is 2.35. The summed E-state index contributed by atoms with van der Waals surface area (Å²) in [6, 6.07) is 0.331. The summed E-state index contributed by atoms with van der Waals surface area (Å²) < 4.78 is 17.9. The highest BCUT2D eigenvalue weighted by molar-refractivity contribution is 5.82. The molecule has 13 nitrogen and oxygen atoms in total. The van der Waals surface area contributed by atoms with Gasteiger partial charge in [-0.15, -0.1) is 0 Å². The smallest absolute Gasteiger partial charge is 0.283 e. The van der Waals surface area contributed by atoms with Gasteiger partial charge in [-0.1, -0.05) is 12.8 Å². The standard InChI is InChI=1S/C20H29N5O8/c26-6-12-11(27)5-20(30,33-12)31-7-13-15(28)16(29)19(32-13)25-9-23-14-17(21-8-22-18(14)25)24-10-3-1-2-4-10/h8-13,15-16,19,26-30H,1-7H2,(H,21,22,24)/t11-,12+,13+,15?,16?,19+,20+/m0/s1. The van der Waals surface area contributed by atoms with E-state index in [4.69, 9.17) is 14.2 Å². The lowest BCUT2D eigenvalue weighted by atomic mass is 10.1. The molecule has 1 aliphatic carbocycles. The molecule has 0 radical (unpaired) electrons. The Hall–Kier alpha value is -1.97. The number of aliphatic hydroxyl groups excluding tert-OH is 4. The predicted molar refractivity (Wildman–Crippen MR) is 111 cm³/mol. The maximum Gasteiger partial charge on any atom is 0.283 e. The minimum Gasteiger partial charge on any atom is -0.394 e. The molecule has 4 heterocycles. The molecule has 182 valence electrons. The summed E-state index contributed by atoms with van der Waals surface area (Å²) in [5.74, 6) is -1.52. The summed E-state index contributed by atoms with van der Waals surface area (Å²) in [5, 5.41) is 53.9. The first-order chi connectivity index (χ1) is 15.9. The van der Waals surface area contributed by atoms with Gasteiger partial charge in [-0.2, -0.15) is 0 Å². The third-order valence-electron chi connectivity index (χ3n) is 6.55. The summed E-state index contributed by atoms with van der Waals surface area (Å²) in [6.07, 6.45) is 0.365. The third kappa shape index (κ3) is 4.31. The number of hydrogen-bond donors (Lipinski definition) is 6. The third-order valence-corrected chi connectivity index (χ3v) is 6.55. The summed E-state index contributed by atoms with van der Waals surface area (Å²) in [4.78, 5) is 13.0. The van der Waals surface area contributed by atoms with Crippen LogP contribution >= 0.6 is 0 Å². The predicted octanol–water partition coefficient (Wildman–Crippen LogP) is -1.40. The van der Waals surface area contributed by atoms with E-state index in [9.17, 15) is 25.5 Å². The summed E-state index contributed by atoms with van der Waals surface area (Å²) in [6.45, 7) is -0.810. The van der Waals surface area contributed by atoms with Crippen molar-refractivity contribution in [3.8, 4) is 0 Å². The number of aromatic nitrogens is 4. The van der Waals surface area contributed by atoms with Gasteiger partial charge in [0.25, 0.3) is 5.97 Å². The maximum atomic E-state index is 10.6. The van der Waals surface area contributed by atoms with Crippen LogP contribution in [0.2, 0.25) is 0 Å². The van der Waals surface area contributed by atoms with Gasteiger partial charge in [0.15, 0.2) is 23.2 Å². The zero-order chi connectivity index (χ0) is 23.2. The number of anilines is 1. The van der Waals surface area contributed by atoms with Gasteiger partial charge in [0, 0.05) is 6.04 Å². The Kier molecular flexibility index (Phi) is 6.22. The van der Waals surface area contributed by atoms with Gasteiger partial charge < -0.3 is 45.1 Å². The molecule has 33 heavy (non-hydrogen) atoms. The Morgan fingerprint density at radius 2 is 1.91 bits per heavy atom. The molecule has 7 atom stereocenters. The number of nitrogens with one attached hydrogen (secondary N) is 1. The van der Waals surface area contributed by atoms with Crippen LogP contribution in [0.3, 0.4) is 0 Å². The molecule has 0 spiro atoms. The quantitative estimate of drug-likeness (QED) is 0.262. The van der Waals surface area contributed by atoms with Crippen LogP contribution in [0.25, 0.3) is 11.2 Å². The van der Waals surface area contributed by atoms with Crippen molar-refractivity contribution < 1.29 is 39.7 Å². The van der Waals surface area contributed by atoms with Crippen LogP contribution in [-0.2, 0) is 14.2 Å². The fourth-order valence-corrected chi connectivity index (χ4v) is 4.73. The first-order valence-electron chi connectivity index (χ1n) is 11.2. The largest absolute Gasteiger partial charge is 0.394 e. The Bertz CT molecular complexity index is 971. The van der Waals surface area contributed by atoms with Gasteiger partial charge in [-0.05, 0) is 12.8 Å². The van der Waals surface area contributed by atoms with E-state index in [1.807, 2.05) is 0 Å². The lowest BCUT2D eigenvalue weighted by Crippen LogP contribution is -2.39.